The number of carbonyl (C=O) groups excluding carboxylic acids is 2. The number of hydrogen-bond acceptors (Lipinski definition) is 4. The van der Waals surface area contributed by atoms with Crippen LogP contribution < -0.4 is 5.32 Å². The van der Waals surface area contributed by atoms with Crippen molar-refractivity contribution >= 4 is 28.8 Å². The number of hydrogen-bond donors (Lipinski definition) is 1. The number of halogens is 1. The first-order chi connectivity index (χ1) is 14.1. The van der Waals surface area contributed by atoms with Crippen LogP contribution in [-0.4, -0.2) is 18.1 Å². The highest BCUT2D eigenvalue weighted by atomic mass is 35.5. The fourth-order valence-electron chi connectivity index (χ4n) is 3.58. The van der Waals surface area contributed by atoms with Gasteiger partial charge in [0.2, 0.25) is 0 Å². The van der Waals surface area contributed by atoms with Gasteiger partial charge in [-0.1, -0.05) is 60.7 Å². The van der Waals surface area contributed by atoms with E-state index in [0.29, 0.717) is 5.69 Å². The van der Waals surface area contributed by atoms with Crippen LogP contribution in [0.3, 0.4) is 0 Å². The Kier molecular flexibility index (Phi) is 5.49. The standard InChI is InChI=1S/C23H18ClNO4/c24-22(26)28-13-15-9-11-16(12-10-15)25-23(27)29-14-21-19-7-3-1-5-17(19)18-6-2-4-8-20(18)21/h1-12,21H,13-14H2,(H,25,27). The highest BCUT2D eigenvalue weighted by Crippen LogP contribution is 2.44. The molecule has 0 aliphatic heterocycles. The van der Waals surface area contributed by atoms with Crippen LogP contribution in [-0.2, 0) is 16.1 Å². The van der Waals surface area contributed by atoms with Crippen molar-refractivity contribution < 1.29 is 19.1 Å². The third-order valence-corrected chi connectivity index (χ3v) is 5.01. The lowest BCUT2D eigenvalue weighted by atomic mass is 9.98. The van der Waals surface area contributed by atoms with E-state index in [2.05, 4.69) is 29.6 Å². The molecule has 0 bridgehead atoms. The molecular weight excluding hydrogens is 390 g/mol. The van der Waals surface area contributed by atoms with Gasteiger partial charge >= 0.3 is 11.5 Å². The molecule has 1 aliphatic carbocycles. The largest absolute Gasteiger partial charge is 0.449 e. The van der Waals surface area contributed by atoms with Crippen molar-refractivity contribution in [1.82, 2.24) is 0 Å². The molecule has 3 aromatic rings. The number of nitrogens with one attached hydrogen (secondary N) is 1. The zero-order valence-electron chi connectivity index (χ0n) is 15.4. The molecule has 0 saturated heterocycles. The number of fused-ring (bicyclic) bond motifs is 3. The molecule has 0 atom stereocenters. The van der Waals surface area contributed by atoms with Gasteiger partial charge < -0.3 is 9.47 Å². The van der Waals surface area contributed by atoms with Crippen molar-refractivity contribution in [3.05, 3.63) is 89.5 Å². The van der Waals surface area contributed by atoms with Crippen LogP contribution in [0.25, 0.3) is 11.1 Å². The molecule has 1 amide bonds. The first kappa shape index (κ1) is 19.0. The summed E-state index contributed by atoms with van der Waals surface area (Å²) in [6.45, 7) is 0.331. The van der Waals surface area contributed by atoms with Gasteiger partial charge in [-0.2, -0.15) is 0 Å². The molecule has 0 unspecified atom stereocenters. The van der Waals surface area contributed by atoms with Gasteiger partial charge in [-0.25, -0.2) is 9.59 Å². The summed E-state index contributed by atoms with van der Waals surface area (Å²) in [6.07, 6.45) is -0.521. The predicted molar refractivity (Wildman–Crippen MR) is 111 cm³/mol. The van der Waals surface area contributed by atoms with Gasteiger partial charge in [-0.05, 0) is 39.9 Å². The summed E-state index contributed by atoms with van der Waals surface area (Å²) in [5.41, 5.74) is 5.20. The zero-order chi connectivity index (χ0) is 20.2. The summed E-state index contributed by atoms with van der Waals surface area (Å²) >= 11 is 5.14. The van der Waals surface area contributed by atoms with Gasteiger partial charge in [0.05, 0.1) is 0 Å². The van der Waals surface area contributed by atoms with Crippen molar-refractivity contribution in [2.24, 2.45) is 0 Å². The van der Waals surface area contributed by atoms with Crippen LogP contribution in [0.4, 0.5) is 15.3 Å². The van der Waals surface area contributed by atoms with Gasteiger partial charge in [-0.3, -0.25) is 5.32 Å². The average molecular weight is 408 g/mol. The molecule has 0 saturated carbocycles. The van der Waals surface area contributed by atoms with Gasteiger partial charge in [0.1, 0.15) is 13.2 Å². The van der Waals surface area contributed by atoms with E-state index in [-0.39, 0.29) is 19.1 Å². The Morgan fingerprint density at radius 2 is 1.41 bits per heavy atom. The van der Waals surface area contributed by atoms with Gasteiger partial charge in [0, 0.05) is 23.2 Å². The van der Waals surface area contributed by atoms with Crippen molar-refractivity contribution in [2.45, 2.75) is 12.5 Å². The summed E-state index contributed by atoms with van der Waals surface area (Å²) in [7, 11) is 0. The maximum Gasteiger partial charge on any atom is 0.411 e. The molecular formula is C23H18ClNO4. The van der Waals surface area contributed by atoms with E-state index in [1.54, 1.807) is 24.3 Å². The minimum Gasteiger partial charge on any atom is -0.449 e. The van der Waals surface area contributed by atoms with Gasteiger partial charge in [-0.15, -0.1) is 0 Å². The van der Waals surface area contributed by atoms with Gasteiger partial charge in [0.25, 0.3) is 0 Å². The smallest absolute Gasteiger partial charge is 0.411 e. The van der Waals surface area contributed by atoms with Crippen LogP contribution >= 0.6 is 11.6 Å². The Morgan fingerprint density at radius 3 is 2.00 bits per heavy atom. The Labute approximate surface area is 173 Å². The Morgan fingerprint density at radius 1 is 0.828 bits per heavy atom. The third-order valence-electron chi connectivity index (χ3n) is 4.90. The molecule has 6 heteroatoms. The van der Waals surface area contributed by atoms with E-state index in [0.717, 1.165) is 5.56 Å². The lowest BCUT2D eigenvalue weighted by Crippen LogP contribution is -2.17. The lowest BCUT2D eigenvalue weighted by Gasteiger charge is -2.14. The highest BCUT2D eigenvalue weighted by molar-refractivity contribution is 6.61. The van der Waals surface area contributed by atoms with E-state index < -0.39 is 11.5 Å². The first-order valence-corrected chi connectivity index (χ1v) is 9.53. The van der Waals surface area contributed by atoms with Crippen molar-refractivity contribution in [3.63, 3.8) is 0 Å². The topological polar surface area (TPSA) is 64.6 Å². The first-order valence-electron chi connectivity index (χ1n) is 9.15. The SMILES string of the molecule is O=C(Cl)OCc1ccc(NC(=O)OCC2c3ccccc3-c3ccccc32)cc1. The number of rotatable bonds is 5. The molecule has 0 radical (unpaired) electrons. The number of ether oxygens (including phenoxy) is 2. The lowest BCUT2D eigenvalue weighted by molar-refractivity contribution is 0.158. The van der Waals surface area contributed by atoms with E-state index in [9.17, 15) is 9.59 Å². The minimum absolute atomic E-state index is 0.0146. The summed E-state index contributed by atoms with van der Waals surface area (Å²) in [5, 5.41) is 2.71. The summed E-state index contributed by atoms with van der Waals surface area (Å²) in [5.74, 6) is 0.0146. The molecule has 0 spiro atoms. The second-order valence-electron chi connectivity index (χ2n) is 6.67. The molecule has 4 rings (SSSR count). The van der Waals surface area contributed by atoms with Crippen LogP contribution in [0.5, 0.6) is 0 Å². The minimum atomic E-state index is -0.856. The summed E-state index contributed by atoms with van der Waals surface area (Å²) in [6, 6.07) is 23.3. The maximum absolute atomic E-state index is 12.3. The van der Waals surface area contributed by atoms with Crippen molar-refractivity contribution in [1.29, 1.82) is 0 Å². The molecule has 146 valence electrons. The predicted octanol–water partition coefficient (Wildman–Crippen LogP) is 5.92. The second kappa shape index (κ2) is 8.37. The second-order valence-corrected chi connectivity index (χ2v) is 6.98. The quantitative estimate of drug-likeness (QED) is 0.533. The number of amides is 1. The fraction of sp³-hybridized carbons (Fsp3) is 0.130. The van der Waals surface area contributed by atoms with Crippen molar-refractivity contribution in [2.75, 3.05) is 11.9 Å². The molecule has 1 aliphatic rings. The molecule has 3 aromatic carbocycles. The molecule has 1 N–H and O–H groups in total. The van der Waals surface area contributed by atoms with E-state index in [1.807, 2.05) is 24.3 Å². The van der Waals surface area contributed by atoms with Crippen LogP contribution in [0.1, 0.15) is 22.6 Å². The summed E-state index contributed by atoms with van der Waals surface area (Å²) < 4.78 is 10.2. The van der Waals surface area contributed by atoms with Crippen LogP contribution in [0.2, 0.25) is 0 Å². The van der Waals surface area contributed by atoms with Crippen LogP contribution in [0.15, 0.2) is 72.8 Å². The van der Waals surface area contributed by atoms with Gasteiger partial charge in [0.15, 0.2) is 0 Å². The van der Waals surface area contributed by atoms with E-state index in [4.69, 9.17) is 21.1 Å². The number of carbonyl (C=O) groups is 2. The molecule has 0 aromatic heterocycles. The molecule has 5 nitrogen and oxygen atoms in total. The van der Waals surface area contributed by atoms with E-state index in [1.165, 1.54) is 22.3 Å². The van der Waals surface area contributed by atoms with E-state index >= 15 is 0 Å². The molecule has 29 heavy (non-hydrogen) atoms. The normalized spacial score (nSPS) is 12.0. The molecule has 0 heterocycles. The summed E-state index contributed by atoms with van der Waals surface area (Å²) in [4.78, 5) is 22.9. The zero-order valence-corrected chi connectivity index (χ0v) is 16.2. The van der Waals surface area contributed by atoms with Crippen molar-refractivity contribution in [3.8, 4) is 11.1 Å². The number of benzene rings is 3. The Balaban J connectivity index is 1.38. The maximum atomic E-state index is 12.3. The third kappa shape index (κ3) is 4.25. The Bertz CT molecular complexity index is 1000. The highest BCUT2D eigenvalue weighted by Gasteiger charge is 2.28. The average Bonchev–Trinajstić information content (AvgIpc) is 3.05. The number of anilines is 1. The fourth-order valence-corrected chi connectivity index (χ4v) is 3.63. The Hall–Kier alpha value is -3.31. The monoisotopic (exact) mass is 407 g/mol. The molecule has 0 fully saturated rings. The van der Waals surface area contributed by atoms with Crippen LogP contribution in [0, 0.1) is 0 Å².